The van der Waals surface area contributed by atoms with Gasteiger partial charge in [-0.05, 0) is 22.9 Å². The fraction of sp³-hybridized carbons (Fsp3) is 0.312. The van der Waals surface area contributed by atoms with Gasteiger partial charge in [0.2, 0.25) is 0 Å². The zero-order valence-electron chi connectivity index (χ0n) is 11.7. The number of aliphatic hydroxyl groups is 1. The standard InChI is InChI=1S/C16H18N2O3/c17-15-8-12-4-2-1-3-11(12)7-14(15)16(20)18-5-6-21-10-13(18)9-19/h1-4,7-8,13,19H,5-6,9-10,17H2. The van der Waals surface area contributed by atoms with Crippen LogP contribution in [0.15, 0.2) is 36.4 Å². The van der Waals surface area contributed by atoms with E-state index in [1.807, 2.05) is 36.4 Å². The first-order chi connectivity index (χ1) is 10.2. The van der Waals surface area contributed by atoms with Gasteiger partial charge in [0.15, 0.2) is 0 Å². The summed E-state index contributed by atoms with van der Waals surface area (Å²) in [6, 6.07) is 11.1. The second-order valence-corrected chi connectivity index (χ2v) is 5.20. The Hall–Kier alpha value is -2.11. The quantitative estimate of drug-likeness (QED) is 0.815. The second-order valence-electron chi connectivity index (χ2n) is 5.20. The lowest BCUT2D eigenvalue weighted by atomic mass is 10.0. The van der Waals surface area contributed by atoms with Gasteiger partial charge in [0.05, 0.1) is 31.4 Å². The monoisotopic (exact) mass is 286 g/mol. The van der Waals surface area contributed by atoms with Crippen LogP contribution in [0.3, 0.4) is 0 Å². The number of benzene rings is 2. The third-order valence-corrected chi connectivity index (χ3v) is 3.85. The van der Waals surface area contributed by atoms with Crippen LogP contribution >= 0.6 is 0 Å². The number of hydrogen-bond acceptors (Lipinski definition) is 4. The predicted octanol–water partition coefficient (Wildman–Crippen LogP) is 1.26. The molecular weight excluding hydrogens is 268 g/mol. The fourth-order valence-corrected chi connectivity index (χ4v) is 2.67. The van der Waals surface area contributed by atoms with Crippen LogP contribution in [0.2, 0.25) is 0 Å². The highest BCUT2D eigenvalue weighted by Gasteiger charge is 2.28. The van der Waals surface area contributed by atoms with Crippen molar-refractivity contribution < 1.29 is 14.6 Å². The molecule has 1 heterocycles. The number of morpholine rings is 1. The van der Waals surface area contributed by atoms with E-state index in [1.165, 1.54) is 0 Å². The predicted molar refractivity (Wildman–Crippen MR) is 81.1 cm³/mol. The maximum absolute atomic E-state index is 12.7. The maximum Gasteiger partial charge on any atom is 0.256 e. The molecule has 0 aromatic heterocycles. The summed E-state index contributed by atoms with van der Waals surface area (Å²) in [6.45, 7) is 1.20. The molecule has 1 atom stereocenters. The minimum absolute atomic E-state index is 0.112. The molecule has 2 aromatic rings. The highest BCUT2D eigenvalue weighted by atomic mass is 16.5. The molecule has 1 saturated heterocycles. The van der Waals surface area contributed by atoms with Crippen molar-refractivity contribution in [2.75, 3.05) is 32.1 Å². The summed E-state index contributed by atoms with van der Waals surface area (Å²) in [5.41, 5.74) is 6.98. The first kappa shape index (κ1) is 13.9. The normalized spacial score (nSPS) is 18.9. The van der Waals surface area contributed by atoms with Crippen molar-refractivity contribution in [1.82, 2.24) is 4.90 Å². The molecule has 1 fully saturated rings. The first-order valence-electron chi connectivity index (χ1n) is 6.98. The number of aliphatic hydroxyl groups excluding tert-OH is 1. The molecule has 5 nitrogen and oxygen atoms in total. The van der Waals surface area contributed by atoms with E-state index < -0.39 is 0 Å². The van der Waals surface area contributed by atoms with E-state index in [-0.39, 0.29) is 18.6 Å². The van der Waals surface area contributed by atoms with E-state index in [9.17, 15) is 9.90 Å². The van der Waals surface area contributed by atoms with E-state index in [4.69, 9.17) is 10.5 Å². The molecule has 1 unspecified atom stereocenters. The Morgan fingerprint density at radius 1 is 1.33 bits per heavy atom. The van der Waals surface area contributed by atoms with Crippen molar-refractivity contribution in [2.45, 2.75) is 6.04 Å². The number of ether oxygens (including phenoxy) is 1. The topological polar surface area (TPSA) is 75.8 Å². The number of anilines is 1. The summed E-state index contributed by atoms with van der Waals surface area (Å²) in [6.07, 6.45) is 0. The van der Waals surface area contributed by atoms with Crippen LogP contribution in [-0.2, 0) is 4.74 Å². The van der Waals surface area contributed by atoms with Crippen LogP contribution in [0.25, 0.3) is 10.8 Å². The number of amides is 1. The molecule has 1 aliphatic heterocycles. The van der Waals surface area contributed by atoms with E-state index in [1.54, 1.807) is 4.90 Å². The summed E-state index contributed by atoms with van der Waals surface area (Å²) in [7, 11) is 0. The molecule has 0 aliphatic carbocycles. The molecule has 1 aliphatic rings. The number of nitrogens with zero attached hydrogens (tertiary/aromatic N) is 1. The van der Waals surface area contributed by atoms with Gasteiger partial charge < -0.3 is 20.5 Å². The lowest BCUT2D eigenvalue weighted by molar-refractivity contribution is -0.0183. The van der Waals surface area contributed by atoms with Gasteiger partial charge in [0, 0.05) is 12.2 Å². The van der Waals surface area contributed by atoms with Crippen molar-refractivity contribution in [3.8, 4) is 0 Å². The van der Waals surface area contributed by atoms with Gasteiger partial charge in [-0.15, -0.1) is 0 Å². The molecular formula is C16H18N2O3. The van der Waals surface area contributed by atoms with Crippen molar-refractivity contribution >= 4 is 22.4 Å². The third-order valence-electron chi connectivity index (χ3n) is 3.85. The molecule has 1 amide bonds. The van der Waals surface area contributed by atoms with E-state index >= 15 is 0 Å². The molecule has 0 radical (unpaired) electrons. The van der Waals surface area contributed by atoms with E-state index in [0.29, 0.717) is 31.0 Å². The largest absolute Gasteiger partial charge is 0.398 e. The fourth-order valence-electron chi connectivity index (χ4n) is 2.67. The first-order valence-corrected chi connectivity index (χ1v) is 6.98. The molecule has 0 spiro atoms. The number of carbonyl (C=O) groups is 1. The van der Waals surface area contributed by atoms with Crippen LogP contribution in [0.5, 0.6) is 0 Å². The Kier molecular flexibility index (Phi) is 3.77. The molecule has 0 saturated carbocycles. The van der Waals surface area contributed by atoms with E-state index in [0.717, 1.165) is 10.8 Å². The molecule has 3 rings (SSSR count). The molecule has 2 aromatic carbocycles. The van der Waals surface area contributed by atoms with Crippen LogP contribution in [-0.4, -0.2) is 48.3 Å². The van der Waals surface area contributed by atoms with Gasteiger partial charge in [0.25, 0.3) is 5.91 Å². The number of nitrogen functional groups attached to an aromatic ring is 1. The average Bonchev–Trinajstić information content (AvgIpc) is 2.53. The van der Waals surface area contributed by atoms with Gasteiger partial charge in [0.1, 0.15) is 0 Å². The molecule has 5 heteroatoms. The number of nitrogens with two attached hydrogens (primary N) is 1. The van der Waals surface area contributed by atoms with Crippen molar-refractivity contribution in [1.29, 1.82) is 0 Å². The smallest absolute Gasteiger partial charge is 0.256 e. The van der Waals surface area contributed by atoms with E-state index in [2.05, 4.69) is 0 Å². The Labute approximate surface area is 122 Å². The van der Waals surface area contributed by atoms with Crippen molar-refractivity contribution in [3.05, 3.63) is 42.0 Å². The Morgan fingerprint density at radius 2 is 2.05 bits per heavy atom. The maximum atomic E-state index is 12.7. The van der Waals surface area contributed by atoms with Crippen LogP contribution in [0.4, 0.5) is 5.69 Å². The summed E-state index contributed by atoms with van der Waals surface area (Å²) < 4.78 is 5.30. The molecule has 3 N–H and O–H groups in total. The highest BCUT2D eigenvalue weighted by molar-refractivity contribution is 6.04. The Morgan fingerprint density at radius 3 is 2.76 bits per heavy atom. The summed E-state index contributed by atoms with van der Waals surface area (Å²) >= 11 is 0. The van der Waals surface area contributed by atoms with Crippen LogP contribution in [0, 0.1) is 0 Å². The second kappa shape index (κ2) is 5.71. The number of hydrogen-bond donors (Lipinski definition) is 2. The average molecular weight is 286 g/mol. The van der Waals surface area contributed by atoms with Gasteiger partial charge in [-0.25, -0.2) is 0 Å². The van der Waals surface area contributed by atoms with Gasteiger partial charge in [-0.2, -0.15) is 0 Å². The van der Waals surface area contributed by atoms with Gasteiger partial charge in [-0.3, -0.25) is 4.79 Å². The summed E-state index contributed by atoms with van der Waals surface area (Å²) in [4.78, 5) is 14.4. The van der Waals surface area contributed by atoms with Gasteiger partial charge >= 0.3 is 0 Å². The highest BCUT2D eigenvalue weighted by Crippen LogP contribution is 2.24. The molecule has 110 valence electrons. The summed E-state index contributed by atoms with van der Waals surface area (Å²) in [5, 5.41) is 11.4. The number of rotatable bonds is 2. The third kappa shape index (κ3) is 2.57. The Balaban J connectivity index is 1.98. The number of carbonyl (C=O) groups excluding carboxylic acids is 1. The molecule has 21 heavy (non-hydrogen) atoms. The van der Waals surface area contributed by atoms with Crippen LogP contribution in [0.1, 0.15) is 10.4 Å². The minimum atomic E-state index is -0.308. The summed E-state index contributed by atoms with van der Waals surface area (Å²) in [5.74, 6) is -0.152. The zero-order chi connectivity index (χ0) is 14.8. The Bertz CT molecular complexity index is 672. The van der Waals surface area contributed by atoms with Crippen LogP contribution < -0.4 is 5.73 Å². The number of fused-ring (bicyclic) bond motifs is 1. The zero-order valence-corrected chi connectivity index (χ0v) is 11.7. The van der Waals surface area contributed by atoms with Gasteiger partial charge in [-0.1, -0.05) is 24.3 Å². The SMILES string of the molecule is Nc1cc2ccccc2cc1C(=O)N1CCOCC1CO. The minimum Gasteiger partial charge on any atom is -0.398 e. The molecule has 0 bridgehead atoms. The lowest BCUT2D eigenvalue weighted by Gasteiger charge is -2.34. The lowest BCUT2D eigenvalue weighted by Crippen LogP contribution is -2.50. The van der Waals surface area contributed by atoms with Crippen molar-refractivity contribution in [3.63, 3.8) is 0 Å². The van der Waals surface area contributed by atoms with Crippen molar-refractivity contribution in [2.24, 2.45) is 0 Å².